The van der Waals surface area contributed by atoms with Crippen molar-refractivity contribution in [2.45, 2.75) is 194 Å². The van der Waals surface area contributed by atoms with Crippen LogP contribution in [0.1, 0.15) is 188 Å². The van der Waals surface area contributed by atoms with Crippen molar-refractivity contribution in [1.29, 1.82) is 0 Å². The fourth-order valence-corrected chi connectivity index (χ4v) is 5.83. The van der Waals surface area contributed by atoms with Gasteiger partial charge in [-0.05, 0) is 25.7 Å². The largest absolute Gasteiger partial charge is 0.356 e. The molecule has 0 spiro atoms. The predicted molar refractivity (Wildman–Crippen MR) is 163 cm³/mol. The molecule has 0 saturated heterocycles. The lowest BCUT2D eigenvalue weighted by Gasteiger charge is -2.33. The minimum Gasteiger partial charge on any atom is -0.356 e. The molecule has 2 heteroatoms. The Labute approximate surface area is 229 Å². The third kappa shape index (κ3) is 18.6. The number of hydrogen-bond donors (Lipinski definition) is 0. The molecular formula is C34H68N2. The summed E-state index contributed by atoms with van der Waals surface area (Å²) in [6, 6.07) is 0. The van der Waals surface area contributed by atoms with Crippen LogP contribution in [0.4, 0.5) is 0 Å². The van der Waals surface area contributed by atoms with Crippen LogP contribution in [0.2, 0.25) is 0 Å². The van der Waals surface area contributed by atoms with Crippen LogP contribution in [0.25, 0.3) is 0 Å². The summed E-state index contributed by atoms with van der Waals surface area (Å²) in [5.74, 6) is 0. The Balaban J connectivity index is 2.26. The first-order valence-corrected chi connectivity index (χ1v) is 17.0. The first-order chi connectivity index (χ1) is 17.8. The van der Waals surface area contributed by atoms with Gasteiger partial charge in [0, 0.05) is 25.5 Å². The standard InChI is InChI=1S/C34H68N2/c1-4-7-10-13-16-18-19-20-23-26-29-34-35(30-27-24-21-15-12-9-6-3)32-33-36(34)31-28-25-22-17-14-11-8-5-2/h32-34H,4-31H2,1-3H3. The van der Waals surface area contributed by atoms with Crippen molar-refractivity contribution >= 4 is 0 Å². The highest BCUT2D eigenvalue weighted by molar-refractivity contribution is 4.97. The first-order valence-electron chi connectivity index (χ1n) is 17.0. The summed E-state index contributed by atoms with van der Waals surface area (Å²) >= 11 is 0. The Morgan fingerprint density at radius 3 is 0.972 bits per heavy atom. The van der Waals surface area contributed by atoms with Gasteiger partial charge < -0.3 is 9.80 Å². The van der Waals surface area contributed by atoms with Crippen LogP contribution in [0.3, 0.4) is 0 Å². The average Bonchev–Trinajstić information content (AvgIpc) is 3.27. The maximum absolute atomic E-state index is 2.70. The molecule has 0 aliphatic carbocycles. The Kier molecular flexibility index (Phi) is 24.1. The molecule has 0 amide bonds. The highest BCUT2D eigenvalue weighted by Gasteiger charge is 2.24. The molecule has 0 aromatic heterocycles. The summed E-state index contributed by atoms with van der Waals surface area (Å²) in [6.45, 7) is 9.47. The number of unbranched alkanes of at least 4 members (excludes halogenated alkanes) is 22. The molecular weight excluding hydrogens is 436 g/mol. The summed E-state index contributed by atoms with van der Waals surface area (Å²) in [7, 11) is 0. The highest BCUT2D eigenvalue weighted by atomic mass is 15.4. The number of nitrogens with zero attached hydrogens (tertiary/aromatic N) is 2. The zero-order valence-corrected chi connectivity index (χ0v) is 25.4. The van der Waals surface area contributed by atoms with Gasteiger partial charge in [-0.1, -0.05) is 162 Å². The van der Waals surface area contributed by atoms with Gasteiger partial charge in [-0.2, -0.15) is 0 Å². The zero-order valence-electron chi connectivity index (χ0n) is 25.4. The van der Waals surface area contributed by atoms with Gasteiger partial charge in [0.1, 0.15) is 6.17 Å². The van der Waals surface area contributed by atoms with E-state index >= 15 is 0 Å². The molecule has 1 aliphatic heterocycles. The smallest absolute Gasteiger partial charge is 0.101 e. The fraction of sp³-hybridized carbons (Fsp3) is 0.941. The van der Waals surface area contributed by atoms with E-state index < -0.39 is 0 Å². The van der Waals surface area contributed by atoms with Gasteiger partial charge in [-0.25, -0.2) is 0 Å². The minimum atomic E-state index is 0.642. The predicted octanol–water partition coefficient (Wildman–Crippen LogP) is 11.6. The van der Waals surface area contributed by atoms with E-state index in [1.165, 1.54) is 180 Å². The molecule has 0 bridgehead atoms. The van der Waals surface area contributed by atoms with Gasteiger partial charge in [-0.15, -0.1) is 0 Å². The zero-order chi connectivity index (χ0) is 25.9. The third-order valence-corrected chi connectivity index (χ3v) is 8.32. The first kappa shape index (κ1) is 33.4. The van der Waals surface area contributed by atoms with Crippen molar-refractivity contribution in [3.63, 3.8) is 0 Å². The second-order valence-electron chi connectivity index (χ2n) is 11.8. The van der Waals surface area contributed by atoms with Gasteiger partial charge in [0.25, 0.3) is 0 Å². The highest BCUT2D eigenvalue weighted by Crippen LogP contribution is 2.24. The van der Waals surface area contributed by atoms with E-state index in [2.05, 4.69) is 43.0 Å². The van der Waals surface area contributed by atoms with Crippen molar-refractivity contribution in [2.75, 3.05) is 13.1 Å². The van der Waals surface area contributed by atoms with Crippen molar-refractivity contribution in [3.8, 4) is 0 Å². The third-order valence-electron chi connectivity index (χ3n) is 8.32. The Morgan fingerprint density at radius 2 is 0.639 bits per heavy atom. The van der Waals surface area contributed by atoms with E-state index in [4.69, 9.17) is 0 Å². The Bertz CT molecular complexity index is 460. The van der Waals surface area contributed by atoms with Crippen LogP contribution < -0.4 is 0 Å². The van der Waals surface area contributed by atoms with E-state index in [-0.39, 0.29) is 0 Å². The molecule has 1 heterocycles. The minimum absolute atomic E-state index is 0.642. The normalized spacial score (nSPS) is 15.5. The van der Waals surface area contributed by atoms with Gasteiger partial charge >= 0.3 is 0 Å². The molecule has 214 valence electrons. The molecule has 1 atom stereocenters. The van der Waals surface area contributed by atoms with Crippen LogP contribution in [0.5, 0.6) is 0 Å². The van der Waals surface area contributed by atoms with Gasteiger partial charge in [0.05, 0.1) is 0 Å². The second kappa shape index (κ2) is 26.0. The van der Waals surface area contributed by atoms with Crippen molar-refractivity contribution in [2.24, 2.45) is 0 Å². The maximum Gasteiger partial charge on any atom is 0.101 e. The van der Waals surface area contributed by atoms with E-state index in [1.54, 1.807) is 0 Å². The Hall–Kier alpha value is -0.660. The van der Waals surface area contributed by atoms with E-state index in [0.717, 1.165) is 0 Å². The molecule has 0 radical (unpaired) electrons. The van der Waals surface area contributed by atoms with E-state index in [0.29, 0.717) is 6.17 Å². The van der Waals surface area contributed by atoms with Crippen molar-refractivity contribution in [3.05, 3.63) is 12.4 Å². The van der Waals surface area contributed by atoms with Crippen LogP contribution in [0, 0.1) is 0 Å². The lowest BCUT2D eigenvalue weighted by Crippen LogP contribution is -2.39. The van der Waals surface area contributed by atoms with Crippen LogP contribution in [-0.4, -0.2) is 29.1 Å². The molecule has 1 rings (SSSR count). The Morgan fingerprint density at radius 1 is 0.361 bits per heavy atom. The molecule has 36 heavy (non-hydrogen) atoms. The lowest BCUT2D eigenvalue weighted by atomic mass is 10.0. The summed E-state index contributed by atoms with van der Waals surface area (Å²) in [4.78, 5) is 5.40. The maximum atomic E-state index is 2.70. The van der Waals surface area contributed by atoms with E-state index in [1.807, 2.05) is 0 Å². The summed E-state index contributed by atoms with van der Waals surface area (Å²) < 4.78 is 0. The van der Waals surface area contributed by atoms with Crippen LogP contribution in [-0.2, 0) is 0 Å². The van der Waals surface area contributed by atoms with Gasteiger partial charge in [0.2, 0.25) is 0 Å². The quantitative estimate of drug-likeness (QED) is 0.0977. The molecule has 0 aromatic carbocycles. The molecule has 0 saturated carbocycles. The second-order valence-corrected chi connectivity index (χ2v) is 11.8. The van der Waals surface area contributed by atoms with Crippen molar-refractivity contribution < 1.29 is 0 Å². The average molecular weight is 505 g/mol. The summed E-state index contributed by atoms with van der Waals surface area (Å²) in [5.41, 5.74) is 0. The lowest BCUT2D eigenvalue weighted by molar-refractivity contribution is 0.135. The van der Waals surface area contributed by atoms with Crippen LogP contribution in [0.15, 0.2) is 12.4 Å². The molecule has 1 aliphatic rings. The molecule has 2 nitrogen and oxygen atoms in total. The van der Waals surface area contributed by atoms with Gasteiger partial charge in [0.15, 0.2) is 0 Å². The molecule has 0 fully saturated rings. The monoisotopic (exact) mass is 505 g/mol. The number of rotatable bonds is 28. The molecule has 0 aromatic rings. The SMILES string of the molecule is CCCCCCCCCCCCC1N(CCCCCCCCC)C=CN1CCCCCCCCCC. The van der Waals surface area contributed by atoms with Crippen LogP contribution >= 0.6 is 0 Å². The molecule has 1 unspecified atom stereocenters. The molecule has 0 N–H and O–H groups in total. The fourth-order valence-electron chi connectivity index (χ4n) is 5.83. The van der Waals surface area contributed by atoms with Gasteiger partial charge in [-0.3, -0.25) is 0 Å². The summed E-state index contributed by atoms with van der Waals surface area (Å²) in [5, 5.41) is 0. The van der Waals surface area contributed by atoms with Crippen molar-refractivity contribution in [1.82, 2.24) is 9.80 Å². The number of hydrogen-bond acceptors (Lipinski definition) is 2. The topological polar surface area (TPSA) is 6.48 Å². The summed E-state index contributed by atoms with van der Waals surface area (Å²) in [6.07, 6.45) is 42.5. The van der Waals surface area contributed by atoms with E-state index in [9.17, 15) is 0 Å².